The minimum atomic E-state index is -0.566. The minimum Gasteiger partial charge on any atom is -0.460 e. The smallest absolute Gasteiger partial charge is 0.266 e. The highest BCUT2D eigenvalue weighted by atomic mass is 32.2. The predicted molar refractivity (Wildman–Crippen MR) is 70.2 cm³/mol. The molecule has 1 aromatic carbocycles. The number of benzene rings is 1. The van der Waals surface area contributed by atoms with E-state index in [0.29, 0.717) is 5.90 Å². The fourth-order valence-electron chi connectivity index (χ4n) is 1.99. The van der Waals surface area contributed by atoms with Crippen molar-refractivity contribution in [3.63, 3.8) is 0 Å². The molecule has 2 heterocycles. The second-order valence-corrected chi connectivity index (χ2v) is 5.02. The molecule has 0 radical (unpaired) electrons. The number of fused-ring (bicyclic) bond motifs is 1. The third-order valence-electron chi connectivity index (χ3n) is 2.89. The Morgan fingerprint density at radius 1 is 1.33 bits per heavy atom. The molecule has 2 aliphatic heterocycles. The summed E-state index contributed by atoms with van der Waals surface area (Å²) >= 11 is 1.53. The number of hydrogen-bond acceptors (Lipinski definition) is 5. The van der Waals surface area contributed by atoms with E-state index in [2.05, 4.69) is 15.6 Å². The van der Waals surface area contributed by atoms with Crippen LogP contribution in [0.15, 0.2) is 35.3 Å². The molecule has 3 rings (SSSR count). The van der Waals surface area contributed by atoms with Crippen LogP contribution in [0, 0.1) is 0 Å². The molecular formula is C12H13N3O2S. The predicted octanol–water partition coefficient (Wildman–Crippen LogP) is 0.524. The number of ether oxygens (including phenoxy) is 1. The molecule has 1 fully saturated rings. The topological polar surface area (TPSA) is 62.7 Å². The molecule has 6 heteroatoms. The van der Waals surface area contributed by atoms with Gasteiger partial charge in [-0.25, -0.2) is 4.99 Å². The van der Waals surface area contributed by atoms with Gasteiger partial charge in [-0.3, -0.25) is 10.1 Å². The summed E-state index contributed by atoms with van der Waals surface area (Å²) in [6, 6.07) is 9.60. The lowest BCUT2D eigenvalue weighted by Gasteiger charge is -2.29. The van der Waals surface area contributed by atoms with Crippen molar-refractivity contribution < 1.29 is 9.53 Å². The maximum Gasteiger partial charge on any atom is 0.266 e. The minimum absolute atomic E-state index is 0.110. The van der Waals surface area contributed by atoms with E-state index in [-0.39, 0.29) is 17.6 Å². The van der Waals surface area contributed by atoms with Gasteiger partial charge in [0.15, 0.2) is 6.17 Å². The number of aliphatic imine (C=N–C) groups is 1. The van der Waals surface area contributed by atoms with Gasteiger partial charge in [-0.2, -0.15) is 0 Å². The molecule has 0 bridgehead atoms. The maximum absolute atomic E-state index is 11.9. The first-order chi connectivity index (χ1) is 8.78. The van der Waals surface area contributed by atoms with Crippen molar-refractivity contribution in [3.8, 4) is 0 Å². The van der Waals surface area contributed by atoms with Gasteiger partial charge in [0.25, 0.3) is 5.91 Å². The molecule has 2 N–H and O–H groups in total. The van der Waals surface area contributed by atoms with Gasteiger partial charge in [-0.05, 0) is 18.4 Å². The van der Waals surface area contributed by atoms with Crippen LogP contribution < -0.4 is 10.6 Å². The number of rotatable bonds is 2. The zero-order valence-corrected chi connectivity index (χ0v) is 10.6. The van der Waals surface area contributed by atoms with Crippen LogP contribution in [-0.2, 0) is 9.53 Å². The highest BCUT2D eigenvalue weighted by molar-refractivity contribution is 7.99. The lowest BCUT2D eigenvalue weighted by molar-refractivity contribution is -0.131. The fraction of sp³-hybridized carbons (Fsp3) is 0.333. The van der Waals surface area contributed by atoms with Crippen molar-refractivity contribution in [2.75, 3.05) is 6.26 Å². The van der Waals surface area contributed by atoms with E-state index < -0.39 is 6.10 Å². The largest absolute Gasteiger partial charge is 0.460 e. The number of carbonyl (C=O) groups excluding carboxylic acids is 1. The van der Waals surface area contributed by atoms with E-state index in [4.69, 9.17) is 4.74 Å². The monoisotopic (exact) mass is 263 g/mol. The average molecular weight is 263 g/mol. The Balaban J connectivity index is 1.84. The van der Waals surface area contributed by atoms with Crippen LogP contribution in [-0.4, -0.2) is 35.8 Å². The van der Waals surface area contributed by atoms with E-state index in [0.717, 1.165) is 5.56 Å². The van der Waals surface area contributed by atoms with Gasteiger partial charge >= 0.3 is 0 Å². The second kappa shape index (κ2) is 4.62. The van der Waals surface area contributed by atoms with Gasteiger partial charge in [-0.1, -0.05) is 18.2 Å². The highest BCUT2D eigenvalue weighted by Gasteiger charge is 2.42. The normalized spacial score (nSPS) is 30.2. The number of nitrogens with one attached hydrogen (secondary N) is 2. The zero-order valence-electron chi connectivity index (χ0n) is 9.79. The second-order valence-electron chi connectivity index (χ2n) is 4.07. The summed E-state index contributed by atoms with van der Waals surface area (Å²) < 4.78 is 5.62. The summed E-state index contributed by atoms with van der Waals surface area (Å²) in [4.78, 5) is 16.3. The zero-order chi connectivity index (χ0) is 12.5. The SMILES string of the molecule is CSC1NC(=O)C2OC(c3ccccc3)=NC2N1. The van der Waals surface area contributed by atoms with E-state index in [1.165, 1.54) is 11.8 Å². The van der Waals surface area contributed by atoms with Crippen molar-refractivity contribution >= 4 is 23.6 Å². The first-order valence-corrected chi connectivity index (χ1v) is 6.96. The van der Waals surface area contributed by atoms with Gasteiger partial charge < -0.3 is 10.1 Å². The molecule has 18 heavy (non-hydrogen) atoms. The standard InChI is InChI=1S/C12H13N3O2S/c1-18-12-14-9-8(10(16)15-12)17-11(13-9)7-5-3-2-4-6-7/h2-6,8-9,12,14H,1H3,(H,15,16). The number of carbonyl (C=O) groups is 1. The first-order valence-electron chi connectivity index (χ1n) is 5.67. The summed E-state index contributed by atoms with van der Waals surface area (Å²) in [6.07, 6.45) is 1.06. The molecule has 0 aromatic heterocycles. The maximum atomic E-state index is 11.9. The van der Waals surface area contributed by atoms with Gasteiger partial charge in [0.05, 0.1) is 0 Å². The fourth-order valence-corrected chi connectivity index (χ4v) is 2.50. The quantitative estimate of drug-likeness (QED) is 0.817. The van der Waals surface area contributed by atoms with Crippen LogP contribution in [0.4, 0.5) is 0 Å². The van der Waals surface area contributed by atoms with Crippen molar-refractivity contribution in [2.45, 2.75) is 17.8 Å². The number of nitrogens with zero attached hydrogens (tertiary/aromatic N) is 1. The molecule has 2 aliphatic rings. The van der Waals surface area contributed by atoms with E-state index in [9.17, 15) is 4.79 Å². The molecule has 0 saturated carbocycles. The molecule has 0 aliphatic carbocycles. The first kappa shape index (κ1) is 11.6. The summed E-state index contributed by atoms with van der Waals surface area (Å²) in [6.45, 7) is 0. The van der Waals surface area contributed by atoms with Crippen LogP contribution in [0.25, 0.3) is 0 Å². The van der Waals surface area contributed by atoms with Gasteiger partial charge in [-0.15, -0.1) is 11.8 Å². The van der Waals surface area contributed by atoms with Gasteiger partial charge in [0.2, 0.25) is 12.0 Å². The van der Waals surface area contributed by atoms with Crippen molar-refractivity contribution in [3.05, 3.63) is 35.9 Å². The molecule has 1 saturated heterocycles. The van der Waals surface area contributed by atoms with Crippen molar-refractivity contribution in [2.24, 2.45) is 4.99 Å². The van der Waals surface area contributed by atoms with E-state index in [1.54, 1.807) is 0 Å². The van der Waals surface area contributed by atoms with Crippen LogP contribution in [0.3, 0.4) is 0 Å². The van der Waals surface area contributed by atoms with Gasteiger partial charge in [0, 0.05) is 5.56 Å². The van der Waals surface area contributed by atoms with Crippen molar-refractivity contribution in [1.82, 2.24) is 10.6 Å². The molecular weight excluding hydrogens is 250 g/mol. The summed E-state index contributed by atoms with van der Waals surface area (Å²) in [5.74, 6) is 0.405. The third-order valence-corrected chi connectivity index (χ3v) is 3.62. The average Bonchev–Trinajstić information content (AvgIpc) is 2.84. The van der Waals surface area contributed by atoms with Crippen LogP contribution in [0.5, 0.6) is 0 Å². The summed E-state index contributed by atoms with van der Waals surface area (Å²) in [5, 5.41) is 6.04. The Kier molecular flexibility index (Phi) is 2.97. The summed E-state index contributed by atoms with van der Waals surface area (Å²) in [7, 11) is 0. The van der Waals surface area contributed by atoms with Crippen LogP contribution in [0.2, 0.25) is 0 Å². The lowest BCUT2D eigenvalue weighted by atomic mass is 10.2. The highest BCUT2D eigenvalue weighted by Crippen LogP contribution is 2.21. The molecule has 1 amide bonds. The molecule has 94 valence electrons. The summed E-state index contributed by atoms with van der Waals surface area (Å²) in [5.41, 5.74) is 0.781. The Bertz CT molecular complexity index is 491. The Hall–Kier alpha value is -1.53. The molecule has 3 atom stereocenters. The molecule has 3 unspecified atom stereocenters. The number of thioether (sulfide) groups is 1. The lowest BCUT2D eigenvalue weighted by Crippen LogP contribution is -2.61. The Labute approximate surface area is 109 Å². The number of amides is 1. The number of hydrogen-bond donors (Lipinski definition) is 2. The van der Waals surface area contributed by atoms with Crippen LogP contribution >= 0.6 is 11.8 Å². The molecule has 1 aromatic rings. The van der Waals surface area contributed by atoms with Crippen molar-refractivity contribution in [1.29, 1.82) is 0 Å². The molecule has 5 nitrogen and oxygen atoms in total. The van der Waals surface area contributed by atoms with E-state index >= 15 is 0 Å². The molecule has 0 spiro atoms. The Morgan fingerprint density at radius 2 is 2.11 bits per heavy atom. The van der Waals surface area contributed by atoms with Gasteiger partial charge in [0.1, 0.15) is 5.50 Å². The Morgan fingerprint density at radius 3 is 2.83 bits per heavy atom. The van der Waals surface area contributed by atoms with E-state index in [1.807, 2.05) is 36.6 Å². The van der Waals surface area contributed by atoms with Crippen LogP contribution in [0.1, 0.15) is 5.56 Å². The third kappa shape index (κ3) is 1.97.